The maximum Gasteiger partial charge on any atom is 0.228 e. The molecule has 14 heavy (non-hydrogen) atoms. The molecule has 1 amide bonds. The summed E-state index contributed by atoms with van der Waals surface area (Å²) < 4.78 is 4.72. The summed E-state index contributed by atoms with van der Waals surface area (Å²) in [5, 5.41) is 8.59. The summed E-state index contributed by atoms with van der Waals surface area (Å²) in [6.07, 6.45) is 1.90. The molecule has 0 aliphatic carbocycles. The molecule has 1 aromatic heterocycles. The van der Waals surface area contributed by atoms with Crippen LogP contribution in [0.4, 0.5) is 0 Å². The Hall–Kier alpha value is -1.79. The Bertz CT molecular complexity index is 285. The normalized spacial score (nSPS) is 9.71. The van der Waals surface area contributed by atoms with Crippen molar-refractivity contribution in [1.82, 2.24) is 15.5 Å². The lowest BCUT2D eigenvalue weighted by Crippen LogP contribution is -2.26. The summed E-state index contributed by atoms with van der Waals surface area (Å²) in [7, 11) is 0. The Morgan fingerprint density at radius 1 is 1.64 bits per heavy atom. The van der Waals surface area contributed by atoms with Crippen molar-refractivity contribution in [2.24, 2.45) is 5.18 Å². The lowest BCUT2D eigenvalue weighted by Gasteiger charge is -1.99. The van der Waals surface area contributed by atoms with Gasteiger partial charge in [-0.05, 0) is 0 Å². The van der Waals surface area contributed by atoms with Gasteiger partial charge in [0.2, 0.25) is 11.8 Å². The van der Waals surface area contributed by atoms with Crippen LogP contribution in [0.5, 0.6) is 0 Å². The number of amides is 1. The van der Waals surface area contributed by atoms with Crippen molar-refractivity contribution in [3.63, 3.8) is 0 Å². The number of aromatic nitrogens is 2. The summed E-state index contributed by atoms with van der Waals surface area (Å²) in [6, 6.07) is 0. The second kappa shape index (κ2) is 5.79. The molecule has 1 N–H and O–H groups in total. The van der Waals surface area contributed by atoms with E-state index in [-0.39, 0.29) is 18.9 Å². The zero-order chi connectivity index (χ0) is 10.2. The third-order valence-electron chi connectivity index (χ3n) is 1.50. The van der Waals surface area contributed by atoms with Gasteiger partial charge in [0.15, 0.2) is 6.33 Å². The minimum absolute atomic E-state index is 0.00634. The van der Waals surface area contributed by atoms with Gasteiger partial charge in [-0.1, -0.05) is 10.3 Å². The highest BCUT2D eigenvalue weighted by Crippen LogP contribution is 1.90. The highest BCUT2D eigenvalue weighted by molar-refractivity contribution is 5.76. The van der Waals surface area contributed by atoms with E-state index >= 15 is 0 Å². The number of nitrogens with zero attached hydrogens (tertiary/aromatic N) is 3. The predicted molar refractivity (Wildman–Crippen MR) is 46.3 cm³/mol. The Kier molecular flexibility index (Phi) is 4.25. The van der Waals surface area contributed by atoms with Crippen molar-refractivity contribution >= 4 is 5.91 Å². The Balaban J connectivity index is 2.09. The fraction of sp³-hybridized carbons (Fsp3) is 0.571. The number of hydrogen-bond acceptors (Lipinski definition) is 6. The van der Waals surface area contributed by atoms with Crippen LogP contribution in [0.1, 0.15) is 12.3 Å². The fourth-order valence-corrected chi connectivity index (χ4v) is 0.851. The Morgan fingerprint density at radius 2 is 2.50 bits per heavy atom. The van der Waals surface area contributed by atoms with Gasteiger partial charge in [-0.25, -0.2) is 0 Å². The molecule has 0 atom stereocenters. The van der Waals surface area contributed by atoms with E-state index in [9.17, 15) is 9.70 Å². The maximum absolute atomic E-state index is 11.0. The number of carbonyl (C=O) groups is 1. The lowest BCUT2D eigenvalue weighted by atomic mass is 10.3. The van der Waals surface area contributed by atoms with Gasteiger partial charge in [0.1, 0.15) is 0 Å². The molecule has 0 aliphatic heterocycles. The fourth-order valence-electron chi connectivity index (χ4n) is 0.851. The number of nitrogens with one attached hydrogen (secondary N) is 1. The second-order valence-electron chi connectivity index (χ2n) is 2.54. The van der Waals surface area contributed by atoms with Crippen molar-refractivity contribution < 1.29 is 9.32 Å². The lowest BCUT2D eigenvalue weighted by molar-refractivity contribution is -0.120. The molecule has 1 aromatic rings. The van der Waals surface area contributed by atoms with Gasteiger partial charge in [-0.15, -0.1) is 0 Å². The molecular weight excluding hydrogens is 188 g/mol. The van der Waals surface area contributed by atoms with Crippen LogP contribution in [0.15, 0.2) is 16.0 Å². The summed E-state index contributed by atoms with van der Waals surface area (Å²) in [4.78, 5) is 24.4. The average Bonchev–Trinajstić information content (AvgIpc) is 2.67. The highest BCUT2D eigenvalue weighted by Gasteiger charge is 2.02. The maximum atomic E-state index is 11.0. The zero-order valence-corrected chi connectivity index (χ0v) is 7.47. The van der Waals surface area contributed by atoms with Crippen molar-refractivity contribution in [1.29, 1.82) is 0 Å². The molecule has 7 nitrogen and oxygen atoms in total. The van der Waals surface area contributed by atoms with E-state index in [1.807, 2.05) is 0 Å². The molecule has 0 saturated carbocycles. The van der Waals surface area contributed by atoms with Crippen LogP contribution in [0.2, 0.25) is 0 Å². The quantitative estimate of drug-likeness (QED) is 0.643. The summed E-state index contributed by atoms with van der Waals surface area (Å²) in [6.45, 7) is 0.423. The molecular formula is C7H10N4O3. The zero-order valence-electron chi connectivity index (χ0n) is 7.47. The van der Waals surface area contributed by atoms with Crippen molar-refractivity contribution in [2.75, 3.05) is 13.1 Å². The predicted octanol–water partition coefficient (Wildman–Crippen LogP) is -0.115. The van der Waals surface area contributed by atoms with Gasteiger partial charge in [0.25, 0.3) is 0 Å². The van der Waals surface area contributed by atoms with Gasteiger partial charge < -0.3 is 9.84 Å². The summed E-state index contributed by atoms with van der Waals surface area (Å²) in [5.74, 6) is 0.267. The van der Waals surface area contributed by atoms with E-state index < -0.39 is 0 Å². The molecule has 76 valence electrons. The van der Waals surface area contributed by atoms with E-state index in [2.05, 4.69) is 20.6 Å². The smallest absolute Gasteiger partial charge is 0.228 e. The van der Waals surface area contributed by atoms with E-state index in [1.54, 1.807) is 0 Å². The molecule has 0 aliphatic rings. The number of nitroso groups, excluding NO2 is 1. The molecule has 1 heterocycles. The first kappa shape index (κ1) is 10.3. The first-order valence-corrected chi connectivity index (χ1v) is 4.14. The van der Waals surface area contributed by atoms with Crippen LogP contribution >= 0.6 is 0 Å². The third kappa shape index (κ3) is 3.74. The topological polar surface area (TPSA) is 97.5 Å². The number of hydrogen-bond donors (Lipinski definition) is 1. The minimum atomic E-state index is -0.205. The molecule has 0 fully saturated rings. The molecule has 0 unspecified atom stereocenters. The third-order valence-corrected chi connectivity index (χ3v) is 1.50. The molecule has 0 spiro atoms. The van der Waals surface area contributed by atoms with Crippen LogP contribution in [0, 0.1) is 4.91 Å². The van der Waals surface area contributed by atoms with Gasteiger partial charge in [-0.3, -0.25) is 4.79 Å². The highest BCUT2D eigenvalue weighted by atomic mass is 16.5. The van der Waals surface area contributed by atoms with Crippen LogP contribution in [-0.4, -0.2) is 29.1 Å². The standard InChI is InChI=1S/C7H10N4O3/c12-6(1-4-10-13)8-3-2-7-9-5-11-14-7/h5H,1-4H2,(H,8,12). The van der Waals surface area contributed by atoms with E-state index in [0.717, 1.165) is 0 Å². The molecule has 0 saturated heterocycles. The monoisotopic (exact) mass is 198 g/mol. The van der Waals surface area contributed by atoms with Crippen LogP contribution in [-0.2, 0) is 11.2 Å². The average molecular weight is 198 g/mol. The Labute approximate surface area is 79.8 Å². The van der Waals surface area contributed by atoms with Gasteiger partial charge in [0, 0.05) is 19.4 Å². The minimum Gasteiger partial charge on any atom is -0.356 e. The SMILES string of the molecule is O=NCCC(=O)NCCc1ncno1. The molecule has 0 bridgehead atoms. The van der Waals surface area contributed by atoms with Gasteiger partial charge in [0.05, 0.1) is 6.54 Å². The van der Waals surface area contributed by atoms with Crippen LogP contribution < -0.4 is 5.32 Å². The summed E-state index contributed by atoms with van der Waals surface area (Å²) >= 11 is 0. The van der Waals surface area contributed by atoms with E-state index in [1.165, 1.54) is 6.33 Å². The first-order chi connectivity index (χ1) is 6.83. The first-order valence-electron chi connectivity index (χ1n) is 4.14. The number of rotatable bonds is 6. The Morgan fingerprint density at radius 3 is 3.14 bits per heavy atom. The molecule has 0 aromatic carbocycles. The molecule has 0 radical (unpaired) electrons. The van der Waals surface area contributed by atoms with E-state index in [4.69, 9.17) is 4.52 Å². The van der Waals surface area contributed by atoms with Crippen molar-refractivity contribution in [3.05, 3.63) is 17.1 Å². The van der Waals surface area contributed by atoms with Crippen LogP contribution in [0.3, 0.4) is 0 Å². The molecule has 7 heteroatoms. The van der Waals surface area contributed by atoms with Crippen molar-refractivity contribution in [3.8, 4) is 0 Å². The van der Waals surface area contributed by atoms with E-state index in [0.29, 0.717) is 18.9 Å². The second-order valence-corrected chi connectivity index (χ2v) is 2.54. The summed E-state index contributed by atoms with van der Waals surface area (Å²) in [5.41, 5.74) is 0. The van der Waals surface area contributed by atoms with Gasteiger partial charge in [-0.2, -0.15) is 9.89 Å². The van der Waals surface area contributed by atoms with Gasteiger partial charge >= 0.3 is 0 Å². The largest absolute Gasteiger partial charge is 0.356 e. The van der Waals surface area contributed by atoms with Crippen molar-refractivity contribution in [2.45, 2.75) is 12.8 Å². The number of carbonyl (C=O) groups excluding carboxylic acids is 1. The van der Waals surface area contributed by atoms with Crippen LogP contribution in [0.25, 0.3) is 0 Å². The molecule has 1 rings (SSSR count).